The Bertz CT molecular complexity index is 866. The van der Waals surface area contributed by atoms with Crippen molar-refractivity contribution in [2.75, 3.05) is 46.4 Å². The van der Waals surface area contributed by atoms with Crippen molar-refractivity contribution >= 4 is 5.65 Å². The summed E-state index contributed by atoms with van der Waals surface area (Å²) >= 11 is 0. The predicted octanol–water partition coefficient (Wildman–Crippen LogP) is 2.33. The second-order valence-electron chi connectivity index (χ2n) is 6.91. The third kappa shape index (κ3) is 3.71. The van der Waals surface area contributed by atoms with Gasteiger partial charge in [-0.2, -0.15) is 0 Å². The average molecular weight is 351 g/mol. The van der Waals surface area contributed by atoms with E-state index in [1.54, 1.807) is 0 Å². The van der Waals surface area contributed by atoms with Crippen LogP contribution in [-0.4, -0.2) is 70.8 Å². The molecule has 1 aromatic carbocycles. The first-order chi connectivity index (χ1) is 12.7. The van der Waals surface area contributed by atoms with Crippen LogP contribution in [0.15, 0.2) is 42.6 Å². The molecule has 6 nitrogen and oxygen atoms in total. The molecule has 1 aliphatic heterocycles. The number of aromatic nitrogens is 3. The minimum atomic E-state index is 0.717. The topological polar surface area (TPSA) is 45.9 Å². The van der Waals surface area contributed by atoms with E-state index in [2.05, 4.69) is 26.9 Å². The Morgan fingerprint density at radius 1 is 1.04 bits per heavy atom. The first kappa shape index (κ1) is 17.0. The molecule has 0 saturated carbocycles. The number of hydrogen-bond donors (Lipinski definition) is 0. The number of pyridine rings is 1. The first-order valence-electron chi connectivity index (χ1n) is 9.15. The highest BCUT2D eigenvalue weighted by molar-refractivity contribution is 5.60. The lowest BCUT2D eigenvalue weighted by atomic mass is 10.2. The van der Waals surface area contributed by atoms with Crippen LogP contribution in [0.3, 0.4) is 0 Å². The van der Waals surface area contributed by atoms with Crippen LogP contribution in [0.4, 0.5) is 0 Å². The Kier molecular flexibility index (Phi) is 4.86. The third-order valence-corrected chi connectivity index (χ3v) is 4.94. The summed E-state index contributed by atoms with van der Waals surface area (Å²) < 4.78 is 7.73. The Labute approximate surface area is 154 Å². The Hall–Kier alpha value is -2.44. The Morgan fingerprint density at radius 2 is 1.81 bits per heavy atom. The lowest BCUT2D eigenvalue weighted by Crippen LogP contribution is -2.45. The summed E-state index contributed by atoms with van der Waals surface area (Å²) in [5.74, 6) is 1.63. The number of rotatable bonds is 5. The number of aryl methyl sites for hydroxylation is 1. The van der Waals surface area contributed by atoms with Crippen molar-refractivity contribution < 1.29 is 4.74 Å². The minimum absolute atomic E-state index is 0.717. The lowest BCUT2D eigenvalue weighted by Gasteiger charge is -2.32. The van der Waals surface area contributed by atoms with E-state index in [4.69, 9.17) is 4.74 Å². The number of hydrogen-bond acceptors (Lipinski definition) is 5. The second kappa shape index (κ2) is 7.43. The van der Waals surface area contributed by atoms with Crippen molar-refractivity contribution in [2.45, 2.75) is 6.92 Å². The van der Waals surface area contributed by atoms with E-state index in [0.717, 1.165) is 67.7 Å². The van der Waals surface area contributed by atoms with Crippen LogP contribution in [0.25, 0.3) is 17.0 Å². The fraction of sp³-hybridized carbons (Fsp3) is 0.400. The van der Waals surface area contributed by atoms with Gasteiger partial charge in [0.25, 0.3) is 0 Å². The molecule has 26 heavy (non-hydrogen) atoms. The zero-order chi connectivity index (χ0) is 17.9. The highest BCUT2D eigenvalue weighted by atomic mass is 16.5. The summed E-state index contributed by atoms with van der Waals surface area (Å²) in [7, 11) is 2.18. The number of fused-ring (bicyclic) bond motifs is 1. The number of likely N-dealkylation sites (N-methyl/N-ethyl adjacent to an activating group) is 1. The van der Waals surface area contributed by atoms with Crippen LogP contribution in [0, 0.1) is 6.92 Å². The van der Waals surface area contributed by atoms with E-state index >= 15 is 0 Å². The molecule has 0 bridgehead atoms. The largest absolute Gasteiger partial charge is 0.492 e. The molecule has 136 valence electrons. The van der Waals surface area contributed by atoms with Crippen molar-refractivity contribution in [1.82, 2.24) is 24.4 Å². The molecule has 0 spiro atoms. The summed E-state index contributed by atoms with van der Waals surface area (Å²) in [5, 5.41) is 4.56. The molecular weight excluding hydrogens is 326 g/mol. The normalized spacial score (nSPS) is 16.2. The summed E-state index contributed by atoms with van der Waals surface area (Å²) in [6.07, 6.45) is 1.93. The Balaban J connectivity index is 1.36. The molecule has 2 aromatic heterocycles. The van der Waals surface area contributed by atoms with Crippen LogP contribution >= 0.6 is 0 Å². The molecule has 0 amide bonds. The van der Waals surface area contributed by atoms with Crippen molar-refractivity contribution in [3.8, 4) is 17.1 Å². The van der Waals surface area contributed by atoms with Gasteiger partial charge in [0.2, 0.25) is 0 Å². The maximum Gasteiger partial charge on any atom is 0.182 e. The van der Waals surface area contributed by atoms with E-state index < -0.39 is 0 Å². The summed E-state index contributed by atoms with van der Waals surface area (Å²) in [5.41, 5.74) is 3.02. The minimum Gasteiger partial charge on any atom is -0.492 e. The third-order valence-electron chi connectivity index (χ3n) is 4.94. The van der Waals surface area contributed by atoms with Gasteiger partial charge in [-0.1, -0.05) is 6.07 Å². The van der Waals surface area contributed by atoms with Crippen molar-refractivity contribution in [2.24, 2.45) is 0 Å². The fourth-order valence-electron chi connectivity index (χ4n) is 3.23. The molecule has 0 aliphatic carbocycles. The van der Waals surface area contributed by atoms with Crippen LogP contribution in [-0.2, 0) is 0 Å². The van der Waals surface area contributed by atoms with Crippen molar-refractivity contribution in [1.29, 1.82) is 0 Å². The van der Waals surface area contributed by atoms with E-state index in [1.807, 2.05) is 54.0 Å². The molecule has 1 fully saturated rings. The Morgan fingerprint density at radius 3 is 2.54 bits per heavy atom. The number of benzene rings is 1. The van der Waals surface area contributed by atoms with Gasteiger partial charge in [-0.15, -0.1) is 5.10 Å². The summed E-state index contributed by atoms with van der Waals surface area (Å²) in [6.45, 7) is 8.26. The fourth-order valence-corrected chi connectivity index (χ4v) is 3.23. The van der Waals surface area contributed by atoms with Gasteiger partial charge in [0.15, 0.2) is 11.5 Å². The highest BCUT2D eigenvalue weighted by Gasteiger charge is 2.13. The maximum atomic E-state index is 5.90. The molecule has 1 saturated heterocycles. The standard InChI is InChI=1S/C20H25N5O/c1-16-4-3-9-25-20(16)21-19(22-25)17-5-7-18(8-6-17)26-15-14-24-12-10-23(2)11-13-24/h3-9H,10-15H2,1-2H3. The van der Waals surface area contributed by atoms with E-state index in [1.165, 1.54) is 0 Å². The van der Waals surface area contributed by atoms with E-state index in [-0.39, 0.29) is 0 Å². The number of ether oxygens (including phenoxy) is 1. The van der Waals surface area contributed by atoms with Crippen molar-refractivity contribution in [3.63, 3.8) is 0 Å². The van der Waals surface area contributed by atoms with Crippen LogP contribution < -0.4 is 4.74 Å². The van der Waals surface area contributed by atoms with Gasteiger partial charge in [0, 0.05) is 44.5 Å². The average Bonchev–Trinajstić information content (AvgIpc) is 3.10. The zero-order valence-electron chi connectivity index (χ0n) is 15.4. The highest BCUT2D eigenvalue weighted by Crippen LogP contribution is 2.21. The van der Waals surface area contributed by atoms with Crippen molar-refractivity contribution in [3.05, 3.63) is 48.2 Å². The molecule has 0 unspecified atom stereocenters. The molecule has 0 atom stereocenters. The number of piperazine rings is 1. The lowest BCUT2D eigenvalue weighted by molar-refractivity contribution is 0.134. The molecule has 6 heteroatoms. The van der Waals surface area contributed by atoms with Gasteiger partial charge in [-0.05, 0) is 49.9 Å². The molecule has 0 N–H and O–H groups in total. The summed E-state index contributed by atoms with van der Waals surface area (Å²) in [6, 6.07) is 12.1. The first-order valence-corrected chi connectivity index (χ1v) is 9.15. The molecule has 3 heterocycles. The van der Waals surface area contributed by atoms with Gasteiger partial charge < -0.3 is 9.64 Å². The molecule has 0 radical (unpaired) electrons. The van der Waals surface area contributed by atoms with E-state index in [0.29, 0.717) is 0 Å². The molecule has 1 aliphatic rings. The van der Waals surface area contributed by atoms with Gasteiger partial charge in [-0.25, -0.2) is 9.50 Å². The smallest absolute Gasteiger partial charge is 0.182 e. The quantitative estimate of drug-likeness (QED) is 0.706. The van der Waals surface area contributed by atoms with Gasteiger partial charge in [0.1, 0.15) is 12.4 Å². The van der Waals surface area contributed by atoms with E-state index in [9.17, 15) is 0 Å². The van der Waals surface area contributed by atoms with Gasteiger partial charge in [0.05, 0.1) is 0 Å². The molecular formula is C20H25N5O. The van der Waals surface area contributed by atoms with Crippen LogP contribution in [0.2, 0.25) is 0 Å². The van der Waals surface area contributed by atoms with Crippen LogP contribution in [0.5, 0.6) is 5.75 Å². The van der Waals surface area contributed by atoms with Gasteiger partial charge in [-0.3, -0.25) is 4.90 Å². The second-order valence-corrected chi connectivity index (χ2v) is 6.91. The zero-order valence-corrected chi connectivity index (χ0v) is 15.4. The number of nitrogens with zero attached hydrogens (tertiary/aromatic N) is 5. The van der Waals surface area contributed by atoms with Gasteiger partial charge >= 0.3 is 0 Å². The molecule has 3 aromatic rings. The molecule has 4 rings (SSSR count). The monoisotopic (exact) mass is 351 g/mol. The summed E-state index contributed by atoms with van der Waals surface area (Å²) in [4.78, 5) is 9.46. The maximum absolute atomic E-state index is 5.90. The SMILES string of the molecule is Cc1cccn2nc(-c3ccc(OCCN4CCN(C)CC4)cc3)nc12. The predicted molar refractivity (Wildman–Crippen MR) is 103 cm³/mol. The van der Waals surface area contributed by atoms with Crippen LogP contribution in [0.1, 0.15) is 5.56 Å².